The van der Waals surface area contributed by atoms with Crippen LogP contribution in [0, 0.1) is 0 Å². The van der Waals surface area contributed by atoms with Gasteiger partial charge in [-0.3, -0.25) is 4.98 Å². The van der Waals surface area contributed by atoms with Crippen LogP contribution in [0.2, 0.25) is 0 Å². The lowest BCUT2D eigenvalue weighted by atomic mass is 10.1. The van der Waals surface area contributed by atoms with Crippen LogP contribution in [0.15, 0.2) is 30.7 Å². The first kappa shape index (κ1) is 11.9. The molecule has 3 rings (SSSR count). The van der Waals surface area contributed by atoms with Gasteiger partial charge in [0.2, 0.25) is 0 Å². The first-order chi connectivity index (χ1) is 9.31. The number of rotatable bonds is 3. The number of ether oxygens (including phenoxy) is 1. The number of thiazole rings is 1. The number of pyridine rings is 2. The molecular formula is C13H12N4OS. The molecule has 0 spiro atoms. The Morgan fingerprint density at radius 1 is 1.32 bits per heavy atom. The molecule has 0 aromatic carbocycles. The molecule has 6 heteroatoms. The van der Waals surface area contributed by atoms with Gasteiger partial charge in [-0.1, -0.05) is 11.3 Å². The van der Waals surface area contributed by atoms with Gasteiger partial charge >= 0.3 is 0 Å². The lowest BCUT2D eigenvalue weighted by Crippen LogP contribution is -1.91. The minimum Gasteiger partial charge on any atom is -0.473 e. The SMILES string of the molecule is CNc1cc(-c2cncc3nc(OC)sc23)ccn1. The van der Waals surface area contributed by atoms with E-state index in [2.05, 4.69) is 20.3 Å². The monoisotopic (exact) mass is 272 g/mol. The van der Waals surface area contributed by atoms with Gasteiger partial charge in [0.05, 0.1) is 18.0 Å². The molecule has 19 heavy (non-hydrogen) atoms. The van der Waals surface area contributed by atoms with Gasteiger partial charge in [0.15, 0.2) is 0 Å². The van der Waals surface area contributed by atoms with Gasteiger partial charge < -0.3 is 10.1 Å². The molecule has 0 aliphatic carbocycles. The molecule has 0 saturated carbocycles. The Hall–Kier alpha value is -2.21. The summed E-state index contributed by atoms with van der Waals surface area (Å²) in [4.78, 5) is 12.8. The van der Waals surface area contributed by atoms with Crippen molar-refractivity contribution in [2.24, 2.45) is 0 Å². The Morgan fingerprint density at radius 3 is 3.00 bits per heavy atom. The van der Waals surface area contributed by atoms with E-state index in [-0.39, 0.29) is 0 Å². The molecule has 0 aliphatic heterocycles. The van der Waals surface area contributed by atoms with Gasteiger partial charge in [-0.25, -0.2) is 9.97 Å². The van der Waals surface area contributed by atoms with Crippen LogP contribution in [0.3, 0.4) is 0 Å². The predicted molar refractivity (Wildman–Crippen MR) is 76.7 cm³/mol. The zero-order valence-corrected chi connectivity index (χ0v) is 11.4. The lowest BCUT2D eigenvalue weighted by Gasteiger charge is -2.04. The quantitative estimate of drug-likeness (QED) is 0.794. The topological polar surface area (TPSA) is 59.9 Å². The summed E-state index contributed by atoms with van der Waals surface area (Å²) in [5, 5.41) is 3.68. The van der Waals surface area contributed by atoms with Gasteiger partial charge in [0.25, 0.3) is 5.19 Å². The molecule has 0 amide bonds. The van der Waals surface area contributed by atoms with Crippen molar-refractivity contribution in [1.82, 2.24) is 15.0 Å². The highest BCUT2D eigenvalue weighted by molar-refractivity contribution is 7.20. The Bertz CT molecular complexity index is 725. The summed E-state index contributed by atoms with van der Waals surface area (Å²) < 4.78 is 6.26. The first-order valence-electron chi connectivity index (χ1n) is 5.74. The lowest BCUT2D eigenvalue weighted by molar-refractivity contribution is 0.413. The summed E-state index contributed by atoms with van der Waals surface area (Å²) in [6.07, 6.45) is 5.37. The van der Waals surface area contributed by atoms with Gasteiger partial charge in [0, 0.05) is 25.0 Å². The average Bonchev–Trinajstić information content (AvgIpc) is 2.90. The van der Waals surface area contributed by atoms with E-state index in [0.717, 1.165) is 27.2 Å². The van der Waals surface area contributed by atoms with Crippen molar-refractivity contribution in [3.05, 3.63) is 30.7 Å². The second kappa shape index (κ2) is 4.81. The van der Waals surface area contributed by atoms with Crippen LogP contribution < -0.4 is 10.1 Å². The number of anilines is 1. The highest BCUT2D eigenvalue weighted by atomic mass is 32.1. The number of hydrogen-bond donors (Lipinski definition) is 1. The van der Waals surface area contributed by atoms with E-state index in [1.54, 1.807) is 19.5 Å². The van der Waals surface area contributed by atoms with Gasteiger partial charge in [0.1, 0.15) is 11.3 Å². The number of aromatic nitrogens is 3. The maximum absolute atomic E-state index is 5.19. The first-order valence-corrected chi connectivity index (χ1v) is 6.56. The van der Waals surface area contributed by atoms with E-state index in [1.165, 1.54) is 11.3 Å². The van der Waals surface area contributed by atoms with Crippen molar-refractivity contribution in [2.75, 3.05) is 19.5 Å². The molecular weight excluding hydrogens is 260 g/mol. The average molecular weight is 272 g/mol. The second-order valence-corrected chi connectivity index (χ2v) is 4.86. The van der Waals surface area contributed by atoms with E-state index in [0.29, 0.717) is 5.19 Å². The summed E-state index contributed by atoms with van der Waals surface area (Å²) in [5.74, 6) is 0.825. The van der Waals surface area contributed by atoms with Crippen LogP contribution in [-0.2, 0) is 0 Å². The Labute approximate surface area is 114 Å². The van der Waals surface area contributed by atoms with E-state index in [9.17, 15) is 0 Å². The summed E-state index contributed by atoms with van der Waals surface area (Å²) in [5.41, 5.74) is 2.95. The van der Waals surface area contributed by atoms with Crippen molar-refractivity contribution in [3.8, 4) is 16.3 Å². The molecule has 96 valence electrons. The molecule has 0 aliphatic rings. The molecule has 0 bridgehead atoms. The highest BCUT2D eigenvalue weighted by Crippen LogP contribution is 2.35. The van der Waals surface area contributed by atoms with Crippen molar-refractivity contribution < 1.29 is 4.74 Å². The van der Waals surface area contributed by atoms with Crippen LogP contribution in [0.4, 0.5) is 5.82 Å². The fourth-order valence-electron chi connectivity index (χ4n) is 1.86. The fourth-order valence-corrected chi connectivity index (χ4v) is 2.75. The Balaban J connectivity index is 2.20. The third-order valence-electron chi connectivity index (χ3n) is 2.78. The summed E-state index contributed by atoms with van der Waals surface area (Å²) >= 11 is 1.52. The number of nitrogens with one attached hydrogen (secondary N) is 1. The third-order valence-corrected chi connectivity index (χ3v) is 3.85. The Kier molecular flexibility index (Phi) is 3.00. The fraction of sp³-hybridized carbons (Fsp3) is 0.154. The highest BCUT2D eigenvalue weighted by Gasteiger charge is 2.11. The molecule has 3 aromatic rings. The van der Waals surface area contributed by atoms with Crippen molar-refractivity contribution >= 4 is 27.4 Å². The van der Waals surface area contributed by atoms with Crippen molar-refractivity contribution in [1.29, 1.82) is 0 Å². The third kappa shape index (κ3) is 2.10. The largest absolute Gasteiger partial charge is 0.473 e. The van der Waals surface area contributed by atoms with E-state index >= 15 is 0 Å². The molecule has 3 heterocycles. The van der Waals surface area contributed by atoms with Gasteiger partial charge in [-0.15, -0.1) is 0 Å². The number of nitrogens with zero attached hydrogens (tertiary/aromatic N) is 3. The smallest absolute Gasteiger partial charge is 0.274 e. The molecule has 5 nitrogen and oxygen atoms in total. The summed E-state index contributed by atoms with van der Waals surface area (Å²) in [7, 11) is 3.47. The minimum absolute atomic E-state index is 0.646. The number of fused-ring (bicyclic) bond motifs is 1. The van der Waals surface area contributed by atoms with Crippen LogP contribution in [-0.4, -0.2) is 29.1 Å². The van der Waals surface area contributed by atoms with Crippen molar-refractivity contribution in [3.63, 3.8) is 0 Å². The molecule has 0 fully saturated rings. The van der Waals surface area contributed by atoms with E-state index < -0.39 is 0 Å². The maximum atomic E-state index is 5.19. The normalized spacial score (nSPS) is 10.6. The van der Waals surface area contributed by atoms with Crippen LogP contribution in [0.1, 0.15) is 0 Å². The zero-order valence-electron chi connectivity index (χ0n) is 10.5. The predicted octanol–water partition coefficient (Wildman–Crippen LogP) is 2.80. The molecule has 0 saturated heterocycles. The maximum Gasteiger partial charge on any atom is 0.274 e. The molecule has 0 radical (unpaired) electrons. The van der Waals surface area contributed by atoms with Crippen LogP contribution >= 0.6 is 11.3 Å². The van der Waals surface area contributed by atoms with E-state index in [4.69, 9.17) is 4.74 Å². The summed E-state index contributed by atoms with van der Waals surface area (Å²) in [6, 6.07) is 3.95. The molecule has 3 aromatic heterocycles. The Morgan fingerprint density at radius 2 is 2.21 bits per heavy atom. The minimum atomic E-state index is 0.646. The molecule has 0 unspecified atom stereocenters. The second-order valence-electron chi connectivity index (χ2n) is 3.90. The zero-order chi connectivity index (χ0) is 13.2. The number of methoxy groups -OCH3 is 1. The molecule has 0 atom stereocenters. The summed E-state index contributed by atoms with van der Waals surface area (Å²) in [6.45, 7) is 0. The van der Waals surface area contributed by atoms with Crippen LogP contribution in [0.5, 0.6) is 5.19 Å². The van der Waals surface area contributed by atoms with Gasteiger partial charge in [-0.2, -0.15) is 0 Å². The van der Waals surface area contributed by atoms with E-state index in [1.807, 2.05) is 25.4 Å². The standard InChI is InChI=1S/C13H12N4OS/c1-14-11-5-8(3-4-16-11)9-6-15-7-10-12(9)19-13(17-10)18-2/h3-7H,1-2H3,(H,14,16). The van der Waals surface area contributed by atoms with Crippen LogP contribution in [0.25, 0.3) is 21.3 Å². The van der Waals surface area contributed by atoms with Crippen molar-refractivity contribution in [2.45, 2.75) is 0 Å². The van der Waals surface area contributed by atoms with Gasteiger partial charge in [-0.05, 0) is 17.7 Å². The molecule has 1 N–H and O–H groups in total. The number of hydrogen-bond acceptors (Lipinski definition) is 6.